The molecule has 35 heavy (non-hydrogen) atoms. The number of benzene rings is 3. The molecule has 0 spiro atoms. The zero-order valence-electron chi connectivity index (χ0n) is 21.2. The van der Waals surface area contributed by atoms with E-state index in [1.54, 1.807) is 0 Å². The Labute approximate surface area is 210 Å². The highest BCUT2D eigenvalue weighted by Gasteiger charge is 2.11. The molecule has 0 aromatic heterocycles. The van der Waals surface area contributed by atoms with Crippen molar-refractivity contribution in [3.8, 4) is 22.3 Å². The van der Waals surface area contributed by atoms with E-state index in [0.29, 0.717) is 19.4 Å². The topological polar surface area (TPSA) is 46.5 Å². The molecule has 0 saturated heterocycles. The van der Waals surface area contributed by atoms with Gasteiger partial charge in [0.25, 0.3) is 0 Å². The van der Waals surface area contributed by atoms with Gasteiger partial charge in [0.15, 0.2) is 0 Å². The number of unbranched alkanes of at least 4 members (excludes halogenated alkanes) is 2. The van der Waals surface area contributed by atoms with E-state index in [-0.39, 0.29) is 6.61 Å². The molecule has 0 unspecified atom stereocenters. The first-order valence-corrected chi connectivity index (χ1v) is 12.8. The second kappa shape index (κ2) is 13.7. The first-order chi connectivity index (χ1) is 17.1. The quantitative estimate of drug-likeness (QED) is 0.164. The Morgan fingerprint density at radius 3 is 2.23 bits per heavy atom. The minimum atomic E-state index is -0.414. The number of rotatable bonds is 13. The lowest BCUT2D eigenvalue weighted by molar-refractivity contribution is -0.137. The Kier molecular flexibility index (Phi) is 10.3. The third kappa shape index (κ3) is 7.40. The predicted octanol–water partition coefficient (Wildman–Crippen LogP) is 7.12. The van der Waals surface area contributed by atoms with E-state index in [0.717, 1.165) is 29.5 Å². The minimum Gasteiger partial charge on any atom is -0.462 e. The number of aryl methyl sites for hydroxylation is 2. The number of hydrogen-bond acceptors (Lipinski definition) is 3. The molecule has 0 aliphatic carbocycles. The molecular weight excluding hydrogens is 432 g/mol. The predicted molar refractivity (Wildman–Crippen MR) is 146 cm³/mol. The van der Waals surface area contributed by atoms with Gasteiger partial charge in [-0.25, -0.2) is 4.79 Å². The van der Waals surface area contributed by atoms with Crippen molar-refractivity contribution in [2.45, 2.75) is 58.8 Å². The van der Waals surface area contributed by atoms with Crippen LogP contribution in [0.3, 0.4) is 0 Å². The van der Waals surface area contributed by atoms with Gasteiger partial charge in [-0.1, -0.05) is 93.9 Å². The van der Waals surface area contributed by atoms with Gasteiger partial charge in [0.2, 0.25) is 0 Å². The van der Waals surface area contributed by atoms with Crippen molar-refractivity contribution < 1.29 is 14.6 Å². The van der Waals surface area contributed by atoms with Gasteiger partial charge >= 0.3 is 5.97 Å². The van der Waals surface area contributed by atoms with Crippen molar-refractivity contribution >= 4 is 5.97 Å². The Morgan fingerprint density at radius 2 is 1.54 bits per heavy atom. The summed E-state index contributed by atoms with van der Waals surface area (Å²) in [6.45, 7) is 8.26. The van der Waals surface area contributed by atoms with Crippen LogP contribution < -0.4 is 0 Å². The molecule has 0 amide bonds. The second-order valence-corrected chi connectivity index (χ2v) is 8.96. The maximum atomic E-state index is 11.4. The number of esters is 1. The highest BCUT2D eigenvalue weighted by molar-refractivity contribution is 5.81. The van der Waals surface area contributed by atoms with Crippen molar-refractivity contribution in [2.75, 3.05) is 13.2 Å². The molecule has 0 saturated carbocycles. The number of aliphatic hydroxyl groups is 1. The molecule has 0 heterocycles. The summed E-state index contributed by atoms with van der Waals surface area (Å²) in [5.41, 5.74) is 9.72. The Morgan fingerprint density at radius 1 is 0.829 bits per heavy atom. The third-order valence-electron chi connectivity index (χ3n) is 6.52. The molecule has 3 nitrogen and oxygen atoms in total. The van der Waals surface area contributed by atoms with Gasteiger partial charge in [-0.15, -0.1) is 0 Å². The van der Waals surface area contributed by atoms with Gasteiger partial charge in [-0.3, -0.25) is 0 Å². The summed E-state index contributed by atoms with van der Waals surface area (Å²) in [6, 6.07) is 22.1. The molecule has 3 aromatic rings. The highest BCUT2D eigenvalue weighted by atomic mass is 16.5. The summed E-state index contributed by atoms with van der Waals surface area (Å²) in [5, 5.41) is 9.48. The zero-order valence-corrected chi connectivity index (χ0v) is 21.2. The highest BCUT2D eigenvalue weighted by Crippen LogP contribution is 2.31. The van der Waals surface area contributed by atoms with Crippen molar-refractivity contribution in [1.82, 2.24) is 0 Å². The number of carbonyl (C=O) groups excluding carboxylic acids is 1. The Hall–Kier alpha value is -3.17. The van der Waals surface area contributed by atoms with E-state index in [1.807, 2.05) is 0 Å². The fraction of sp³-hybridized carbons (Fsp3) is 0.344. The van der Waals surface area contributed by atoms with Crippen molar-refractivity contribution in [3.05, 3.63) is 95.6 Å². The SMILES string of the molecule is C=CC(=O)OCCc1cc(-c2ccc(-c3ccc(CCCCC)cc3)cc2CC)ccc1CCO. The van der Waals surface area contributed by atoms with Gasteiger partial charge in [0.1, 0.15) is 0 Å². The normalized spacial score (nSPS) is 10.8. The van der Waals surface area contributed by atoms with Gasteiger partial charge < -0.3 is 9.84 Å². The summed E-state index contributed by atoms with van der Waals surface area (Å²) in [6.07, 6.45) is 8.23. The van der Waals surface area contributed by atoms with Crippen LogP contribution in [-0.2, 0) is 35.2 Å². The third-order valence-corrected chi connectivity index (χ3v) is 6.52. The largest absolute Gasteiger partial charge is 0.462 e. The Balaban J connectivity index is 1.84. The van der Waals surface area contributed by atoms with E-state index >= 15 is 0 Å². The van der Waals surface area contributed by atoms with E-state index in [9.17, 15) is 9.90 Å². The van der Waals surface area contributed by atoms with Crippen LogP contribution in [0.5, 0.6) is 0 Å². The van der Waals surface area contributed by atoms with Crippen LogP contribution in [0, 0.1) is 0 Å². The monoisotopic (exact) mass is 470 g/mol. The first kappa shape index (κ1) is 26.4. The number of carbonyl (C=O) groups is 1. The molecule has 1 N–H and O–H groups in total. The molecule has 3 rings (SSSR count). The lowest BCUT2D eigenvalue weighted by Gasteiger charge is -2.15. The van der Waals surface area contributed by atoms with Crippen LogP contribution in [0.1, 0.15) is 55.4 Å². The molecule has 0 radical (unpaired) electrons. The van der Waals surface area contributed by atoms with Crippen LogP contribution in [0.2, 0.25) is 0 Å². The van der Waals surface area contributed by atoms with Crippen LogP contribution in [-0.4, -0.2) is 24.3 Å². The number of hydrogen-bond donors (Lipinski definition) is 1. The molecule has 0 aliphatic rings. The molecule has 3 aromatic carbocycles. The van der Waals surface area contributed by atoms with E-state index in [1.165, 1.54) is 53.2 Å². The van der Waals surface area contributed by atoms with E-state index in [2.05, 4.69) is 81.1 Å². The summed E-state index contributed by atoms with van der Waals surface area (Å²) in [5.74, 6) is -0.414. The second-order valence-electron chi connectivity index (χ2n) is 8.96. The number of aliphatic hydroxyl groups excluding tert-OH is 1. The summed E-state index contributed by atoms with van der Waals surface area (Å²) < 4.78 is 5.20. The standard InChI is InChI=1S/C32H38O3/c1-4-7-8-9-24-10-12-26(13-11-24)28-16-17-31(25(5-2)22-28)30-15-14-27(18-20-33)29(23-30)19-21-35-32(34)6-3/h6,10-17,22-23,33H,3-5,7-9,18-21H2,1-2H3. The van der Waals surface area contributed by atoms with Crippen LogP contribution in [0.15, 0.2) is 73.3 Å². The molecule has 184 valence electrons. The van der Waals surface area contributed by atoms with Crippen LogP contribution in [0.25, 0.3) is 22.3 Å². The van der Waals surface area contributed by atoms with Gasteiger partial charge in [0, 0.05) is 19.1 Å². The molecule has 0 atom stereocenters. The van der Waals surface area contributed by atoms with Gasteiger partial charge in [0.05, 0.1) is 6.61 Å². The van der Waals surface area contributed by atoms with Gasteiger partial charge in [-0.05, 0) is 70.2 Å². The smallest absolute Gasteiger partial charge is 0.330 e. The number of ether oxygens (including phenoxy) is 1. The van der Waals surface area contributed by atoms with Crippen LogP contribution >= 0.6 is 0 Å². The summed E-state index contributed by atoms with van der Waals surface area (Å²) in [7, 11) is 0. The molecule has 0 aliphatic heterocycles. The molecular formula is C32H38O3. The van der Waals surface area contributed by atoms with Crippen LogP contribution in [0.4, 0.5) is 0 Å². The van der Waals surface area contributed by atoms with E-state index < -0.39 is 5.97 Å². The van der Waals surface area contributed by atoms with Crippen molar-refractivity contribution in [3.63, 3.8) is 0 Å². The lowest BCUT2D eigenvalue weighted by Crippen LogP contribution is -2.07. The van der Waals surface area contributed by atoms with Crippen molar-refractivity contribution in [2.24, 2.45) is 0 Å². The van der Waals surface area contributed by atoms with Crippen molar-refractivity contribution in [1.29, 1.82) is 0 Å². The Bertz CT molecular complexity index is 1110. The molecule has 0 fully saturated rings. The summed E-state index contributed by atoms with van der Waals surface area (Å²) in [4.78, 5) is 11.4. The van der Waals surface area contributed by atoms with E-state index in [4.69, 9.17) is 4.74 Å². The zero-order chi connectivity index (χ0) is 25.0. The summed E-state index contributed by atoms with van der Waals surface area (Å²) >= 11 is 0. The fourth-order valence-corrected chi connectivity index (χ4v) is 4.50. The maximum Gasteiger partial charge on any atom is 0.330 e. The average molecular weight is 471 g/mol. The minimum absolute atomic E-state index is 0.0884. The molecule has 3 heteroatoms. The maximum absolute atomic E-state index is 11.4. The lowest BCUT2D eigenvalue weighted by atomic mass is 9.90. The fourth-order valence-electron chi connectivity index (χ4n) is 4.50. The van der Waals surface area contributed by atoms with Gasteiger partial charge in [-0.2, -0.15) is 0 Å². The average Bonchev–Trinajstić information content (AvgIpc) is 2.89. The first-order valence-electron chi connectivity index (χ1n) is 12.8. The molecule has 0 bridgehead atoms.